The summed E-state index contributed by atoms with van der Waals surface area (Å²) in [5.41, 5.74) is -1.94. The number of carbonyl (C=O) groups excluding carboxylic acids is 2. The maximum atomic E-state index is 14.4. The Balaban J connectivity index is 1.83. The molecular weight excluding hydrogens is 431 g/mol. The van der Waals surface area contributed by atoms with E-state index in [1.165, 1.54) is 18.2 Å². The van der Waals surface area contributed by atoms with E-state index in [9.17, 15) is 31.5 Å². The van der Waals surface area contributed by atoms with Gasteiger partial charge < -0.3 is 5.32 Å². The van der Waals surface area contributed by atoms with E-state index in [-0.39, 0.29) is 22.5 Å². The van der Waals surface area contributed by atoms with Crippen molar-refractivity contribution in [3.63, 3.8) is 0 Å². The molecule has 0 aliphatic carbocycles. The second-order valence-electron chi connectivity index (χ2n) is 6.86. The van der Waals surface area contributed by atoms with Gasteiger partial charge in [0.1, 0.15) is 17.3 Å². The van der Waals surface area contributed by atoms with Crippen LogP contribution in [0.5, 0.6) is 0 Å². The van der Waals surface area contributed by atoms with Crippen LogP contribution in [0.15, 0.2) is 78.5 Å². The molecule has 9 heteroatoms. The monoisotopic (exact) mass is 444 g/mol. The average Bonchev–Trinajstić information content (AvgIpc) is 2.99. The number of imide groups is 1. The molecular formula is C23H13F5N2O2. The number of amides is 2. The fourth-order valence-corrected chi connectivity index (χ4v) is 3.31. The van der Waals surface area contributed by atoms with Gasteiger partial charge in [0.05, 0.1) is 16.8 Å². The van der Waals surface area contributed by atoms with E-state index in [0.29, 0.717) is 11.0 Å². The molecule has 4 rings (SSSR count). The number of halogens is 5. The Bertz CT molecular complexity index is 1250. The normalized spacial score (nSPS) is 14.3. The molecule has 1 N–H and O–H groups in total. The van der Waals surface area contributed by atoms with Gasteiger partial charge >= 0.3 is 6.18 Å². The zero-order valence-electron chi connectivity index (χ0n) is 16.1. The molecule has 0 radical (unpaired) electrons. The Morgan fingerprint density at radius 1 is 0.781 bits per heavy atom. The van der Waals surface area contributed by atoms with Crippen molar-refractivity contribution >= 4 is 28.8 Å². The van der Waals surface area contributed by atoms with Gasteiger partial charge in [0, 0.05) is 11.8 Å². The van der Waals surface area contributed by atoms with Crippen molar-refractivity contribution in [2.45, 2.75) is 6.18 Å². The van der Waals surface area contributed by atoms with Crippen LogP contribution in [0, 0.1) is 11.6 Å². The third-order valence-electron chi connectivity index (χ3n) is 4.75. The van der Waals surface area contributed by atoms with E-state index in [4.69, 9.17) is 0 Å². The minimum Gasteiger partial charge on any atom is -0.350 e. The minimum atomic E-state index is -4.62. The summed E-state index contributed by atoms with van der Waals surface area (Å²) in [4.78, 5) is 26.7. The number of rotatable bonds is 4. The first kappa shape index (κ1) is 21.2. The predicted octanol–water partition coefficient (Wildman–Crippen LogP) is 5.38. The van der Waals surface area contributed by atoms with Crippen LogP contribution in [-0.4, -0.2) is 11.8 Å². The molecule has 3 aromatic carbocycles. The molecule has 0 fully saturated rings. The van der Waals surface area contributed by atoms with Gasteiger partial charge in [0.25, 0.3) is 11.8 Å². The Morgan fingerprint density at radius 2 is 1.50 bits per heavy atom. The molecule has 3 aromatic rings. The van der Waals surface area contributed by atoms with E-state index in [1.807, 2.05) is 0 Å². The highest BCUT2D eigenvalue weighted by molar-refractivity contribution is 6.46. The van der Waals surface area contributed by atoms with Crippen molar-refractivity contribution < 1.29 is 31.5 Å². The van der Waals surface area contributed by atoms with Gasteiger partial charge in [-0.2, -0.15) is 13.2 Å². The van der Waals surface area contributed by atoms with E-state index in [1.54, 1.807) is 18.2 Å². The molecule has 1 heterocycles. The van der Waals surface area contributed by atoms with Crippen LogP contribution in [0.1, 0.15) is 11.1 Å². The van der Waals surface area contributed by atoms with Crippen LogP contribution in [0.4, 0.5) is 33.3 Å². The lowest BCUT2D eigenvalue weighted by molar-refractivity contribution is -0.137. The van der Waals surface area contributed by atoms with E-state index in [2.05, 4.69) is 5.32 Å². The highest BCUT2D eigenvalue weighted by atomic mass is 19.4. The van der Waals surface area contributed by atoms with Crippen molar-refractivity contribution in [2.24, 2.45) is 0 Å². The number of hydrogen-bond acceptors (Lipinski definition) is 3. The van der Waals surface area contributed by atoms with Crippen molar-refractivity contribution in [3.8, 4) is 0 Å². The summed E-state index contributed by atoms with van der Waals surface area (Å²) in [5, 5.41) is 2.57. The van der Waals surface area contributed by atoms with E-state index < -0.39 is 40.9 Å². The van der Waals surface area contributed by atoms with Crippen LogP contribution in [0.3, 0.4) is 0 Å². The first-order valence-electron chi connectivity index (χ1n) is 9.24. The smallest absolute Gasteiger partial charge is 0.350 e. The molecule has 4 nitrogen and oxygen atoms in total. The number of hydrogen-bond donors (Lipinski definition) is 1. The van der Waals surface area contributed by atoms with Gasteiger partial charge in [-0.15, -0.1) is 0 Å². The predicted molar refractivity (Wildman–Crippen MR) is 107 cm³/mol. The Hall–Kier alpha value is -4.01. The lowest BCUT2D eigenvalue weighted by Crippen LogP contribution is -2.33. The summed E-state index contributed by atoms with van der Waals surface area (Å²) in [6.07, 6.45) is -4.62. The van der Waals surface area contributed by atoms with E-state index in [0.717, 1.165) is 30.3 Å². The fourth-order valence-electron chi connectivity index (χ4n) is 3.31. The average molecular weight is 444 g/mol. The largest absolute Gasteiger partial charge is 0.416 e. The highest BCUT2D eigenvalue weighted by Crippen LogP contribution is 2.36. The SMILES string of the molecule is O=C1C(Nc2cccc(C(F)(F)F)c2)=C(c2ccccc2)C(=O)N1c1cc(F)ccc1F. The van der Waals surface area contributed by atoms with Crippen LogP contribution >= 0.6 is 0 Å². The van der Waals surface area contributed by atoms with Gasteiger partial charge in [-0.25, -0.2) is 13.7 Å². The standard InChI is InChI=1S/C23H13F5N2O2/c24-15-9-10-17(25)18(12-15)30-21(31)19(13-5-2-1-3-6-13)20(22(30)32)29-16-8-4-7-14(11-16)23(26,27)28/h1-12,29H. The fraction of sp³-hybridized carbons (Fsp3) is 0.0435. The Kier molecular flexibility index (Phi) is 5.25. The number of anilines is 2. The van der Waals surface area contributed by atoms with Crippen molar-refractivity contribution in [2.75, 3.05) is 10.2 Å². The lowest BCUT2D eigenvalue weighted by Gasteiger charge is -2.16. The summed E-state index contributed by atoms with van der Waals surface area (Å²) < 4.78 is 67.3. The van der Waals surface area contributed by atoms with Crippen molar-refractivity contribution in [1.82, 2.24) is 0 Å². The quantitative estimate of drug-likeness (QED) is 0.434. The summed E-state index contributed by atoms with van der Waals surface area (Å²) in [6.45, 7) is 0. The third-order valence-corrected chi connectivity index (χ3v) is 4.75. The lowest BCUT2D eigenvalue weighted by atomic mass is 10.0. The molecule has 0 saturated carbocycles. The Labute approximate surface area is 178 Å². The molecule has 0 unspecified atom stereocenters. The minimum absolute atomic E-state index is 0.106. The zero-order chi connectivity index (χ0) is 23.0. The summed E-state index contributed by atoms with van der Waals surface area (Å²) in [5.74, 6) is -3.86. The van der Waals surface area contributed by atoms with Crippen LogP contribution in [-0.2, 0) is 15.8 Å². The maximum Gasteiger partial charge on any atom is 0.416 e. The molecule has 162 valence electrons. The van der Waals surface area contributed by atoms with E-state index >= 15 is 0 Å². The van der Waals surface area contributed by atoms with Crippen molar-refractivity contribution in [1.29, 1.82) is 0 Å². The first-order valence-corrected chi connectivity index (χ1v) is 9.24. The maximum absolute atomic E-state index is 14.4. The summed E-state index contributed by atoms with van der Waals surface area (Å²) in [6, 6.07) is 14.2. The number of benzene rings is 3. The Morgan fingerprint density at radius 3 is 2.19 bits per heavy atom. The number of alkyl halides is 3. The zero-order valence-corrected chi connectivity index (χ0v) is 16.1. The van der Waals surface area contributed by atoms with Gasteiger partial charge in [-0.05, 0) is 35.9 Å². The molecule has 0 bridgehead atoms. The van der Waals surface area contributed by atoms with Crippen LogP contribution < -0.4 is 10.2 Å². The molecule has 0 atom stereocenters. The second-order valence-corrected chi connectivity index (χ2v) is 6.86. The number of nitrogens with zero attached hydrogens (tertiary/aromatic N) is 1. The third kappa shape index (κ3) is 3.84. The van der Waals surface area contributed by atoms with Gasteiger partial charge in [0.15, 0.2) is 0 Å². The number of carbonyl (C=O) groups is 2. The van der Waals surface area contributed by atoms with Gasteiger partial charge in [-0.1, -0.05) is 36.4 Å². The topological polar surface area (TPSA) is 49.4 Å². The molecule has 1 aliphatic heterocycles. The van der Waals surface area contributed by atoms with Gasteiger partial charge in [0.2, 0.25) is 0 Å². The van der Waals surface area contributed by atoms with Gasteiger partial charge in [-0.3, -0.25) is 9.59 Å². The van der Waals surface area contributed by atoms with Crippen LogP contribution in [0.2, 0.25) is 0 Å². The molecule has 0 saturated heterocycles. The van der Waals surface area contributed by atoms with Crippen molar-refractivity contribution in [3.05, 3.63) is 101 Å². The second kappa shape index (κ2) is 7.92. The molecule has 1 aliphatic rings. The highest BCUT2D eigenvalue weighted by Gasteiger charge is 2.41. The molecule has 0 spiro atoms. The summed E-state index contributed by atoms with van der Waals surface area (Å²) in [7, 11) is 0. The van der Waals surface area contributed by atoms with Crippen LogP contribution in [0.25, 0.3) is 5.57 Å². The number of nitrogens with one attached hydrogen (secondary N) is 1. The summed E-state index contributed by atoms with van der Waals surface area (Å²) >= 11 is 0. The molecule has 2 amide bonds. The molecule has 32 heavy (non-hydrogen) atoms. The first-order chi connectivity index (χ1) is 15.2. The molecule has 0 aromatic heterocycles.